The number of hydrogen-bond acceptors (Lipinski definition) is 4. The first kappa shape index (κ1) is 12.2. The van der Waals surface area contributed by atoms with Crippen molar-refractivity contribution < 1.29 is 9.34 Å². The molecule has 2 rings (SSSR count). The zero-order valence-electron chi connectivity index (χ0n) is 10.1. The Morgan fingerprint density at radius 3 is 2.89 bits per heavy atom. The molecule has 5 nitrogen and oxygen atoms in total. The predicted molar refractivity (Wildman–Crippen MR) is 68.7 cm³/mol. The maximum Gasteiger partial charge on any atom is 0.292 e. The van der Waals surface area contributed by atoms with Crippen molar-refractivity contribution in [2.75, 3.05) is 11.9 Å². The fourth-order valence-electron chi connectivity index (χ4n) is 1.73. The van der Waals surface area contributed by atoms with Gasteiger partial charge in [0.15, 0.2) is 0 Å². The third kappa shape index (κ3) is 2.88. The Labute approximate surface area is 105 Å². The summed E-state index contributed by atoms with van der Waals surface area (Å²) in [5.41, 5.74) is 1.63. The van der Waals surface area contributed by atoms with Crippen LogP contribution >= 0.6 is 0 Å². The van der Waals surface area contributed by atoms with Crippen LogP contribution in [0.25, 0.3) is 0 Å². The number of rotatable bonds is 5. The molecule has 1 aromatic heterocycles. The number of aryl methyl sites for hydroxylation is 1. The lowest BCUT2D eigenvalue weighted by molar-refractivity contribution is -0.384. The van der Waals surface area contributed by atoms with Gasteiger partial charge in [0.1, 0.15) is 11.4 Å². The molecule has 0 saturated heterocycles. The smallest absolute Gasteiger partial charge is 0.292 e. The molecule has 0 unspecified atom stereocenters. The van der Waals surface area contributed by atoms with Gasteiger partial charge >= 0.3 is 0 Å². The summed E-state index contributed by atoms with van der Waals surface area (Å²) in [4.78, 5) is 10.5. The fraction of sp³-hybridized carbons (Fsp3) is 0.231. The van der Waals surface area contributed by atoms with Crippen molar-refractivity contribution in [2.24, 2.45) is 0 Å². The third-order valence-corrected chi connectivity index (χ3v) is 2.62. The van der Waals surface area contributed by atoms with Gasteiger partial charge < -0.3 is 9.73 Å². The number of nitro benzene ring substituents is 1. The van der Waals surface area contributed by atoms with E-state index in [-0.39, 0.29) is 10.6 Å². The van der Waals surface area contributed by atoms with E-state index in [1.165, 1.54) is 6.07 Å². The Balaban J connectivity index is 2.03. The molecule has 0 fully saturated rings. The Hall–Kier alpha value is -2.30. The number of benzene rings is 1. The van der Waals surface area contributed by atoms with Crippen molar-refractivity contribution in [3.8, 4) is 0 Å². The van der Waals surface area contributed by atoms with Crippen molar-refractivity contribution in [3.05, 3.63) is 58.0 Å². The maximum atomic E-state index is 10.9. The highest BCUT2D eigenvalue weighted by molar-refractivity contribution is 5.62. The first-order valence-electron chi connectivity index (χ1n) is 5.68. The van der Waals surface area contributed by atoms with Crippen LogP contribution in [-0.2, 0) is 6.42 Å². The molecule has 1 heterocycles. The van der Waals surface area contributed by atoms with E-state index in [9.17, 15) is 10.1 Å². The van der Waals surface area contributed by atoms with E-state index in [0.717, 1.165) is 11.3 Å². The molecular formula is C13H14N2O3. The number of furan rings is 1. The zero-order chi connectivity index (χ0) is 13.0. The van der Waals surface area contributed by atoms with E-state index < -0.39 is 0 Å². The SMILES string of the molecule is Cc1ccc([N+](=O)[O-])c(NCCc2ccco2)c1. The average Bonchev–Trinajstić information content (AvgIpc) is 2.82. The quantitative estimate of drug-likeness (QED) is 0.650. The first-order valence-corrected chi connectivity index (χ1v) is 5.68. The molecule has 0 atom stereocenters. The highest BCUT2D eigenvalue weighted by Gasteiger charge is 2.12. The second-order valence-corrected chi connectivity index (χ2v) is 4.03. The number of hydrogen-bond donors (Lipinski definition) is 1. The van der Waals surface area contributed by atoms with Crippen molar-refractivity contribution >= 4 is 11.4 Å². The van der Waals surface area contributed by atoms with Crippen molar-refractivity contribution in [1.82, 2.24) is 0 Å². The minimum absolute atomic E-state index is 0.0973. The van der Waals surface area contributed by atoms with Gasteiger partial charge in [-0.05, 0) is 30.7 Å². The molecule has 0 spiro atoms. The fourth-order valence-corrected chi connectivity index (χ4v) is 1.73. The largest absolute Gasteiger partial charge is 0.469 e. The monoisotopic (exact) mass is 246 g/mol. The summed E-state index contributed by atoms with van der Waals surface area (Å²) >= 11 is 0. The molecular weight excluding hydrogens is 232 g/mol. The van der Waals surface area contributed by atoms with Gasteiger partial charge in [-0.1, -0.05) is 6.07 Å². The van der Waals surface area contributed by atoms with Crippen LogP contribution in [0.2, 0.25) is 0 Å². The Morgan fingerprint density at radius 1 is 1.39 bits per heavy atom. The van der Waals surface area contributed by atoms with Crippen LogP contribution < -0.4 is 5.32 Å². The molecule has 0 aliphatic carbocycles. The van der Waals surface area contributed by atoms with Crippen LogP contribution in [0.4, 0.5) is 11.4 Å². The second kappa shape index (κ2) is 5.35. The topological polar surface area (TPSA) is 68.3 Å². The van der Waals surface area contributed by atoms with Crippen molar-refractivity contribution in [2.45, 2.75) is 13.3 Å². The van der Waals surface area contributed by atoms with Crippen LogP contribution in [0.5, 0.6) is 0 Å². The lowest BCUT2D eigenvalue weighted by Crippen LogP contribution is -2.06. The van der Waals surface area contributed by atoms with Crippen molar-refractivity contribution in [3.63, 3.8) is 0 Å². The number of nitro groups is 1. The average molecular weight is 246 g/mol. The minimum atomic E-state index is -0.380. The van der Waals surface area contributed by atoms with Gasteiger partial charge in [-0.25, -0.2) is 0 Å². The van der Waals surface area contributed by atoms with Gasteiger partial charge in [-0.15, -0.1) is 0 Å². The molecule has 0 saturated carbocycles. The summed E-state index contributed by atoms with van der Waals surface area (Å²) < 4.78 is 5.20. The zero-order valence-corrected chi connectivity index (χ0v) is 10.1. The summed E-state index contributed by atoms with van der Waals surface area (Å²) in [6.45, 7) is 2.50. The van der Waals surface area contributed by atoms with Crippen LogP contribution in [0.1, 0.15) is 11.3 Å². The summed E-state index contributed by atoms with van der Waals surface area (Å²) in [5, 5.41) is 13.9. The molecule has 2 aromatic rings. The van der Waals surface area contributed by atoms with E-state index in [2.05, 4.69) is 5.32 Å². The normalized spacial score (nSPS) is 10.3. The van der Waals surface area contributed by atoms with Gasteiger partial charge in [-0.2, -0.15) is 0 Å². The van der Waals surface area contributed by atoms with Crippen LogP contribution in [0.3, 0.4) is 0 Å². The van der Waals surface area contributed by atoms with Gasteiger partial charge in [0.25, 0.3) is 5.69 Å². The van der Waals surface area contributed by atoms with Crippen molar-refractivity contribution in [1.29, 1.82) is 0 Å². The standard InChI is InChI=1S/C13H14N2O3/c1-10-4-5-13(15(16)17)12(9-10)14-7-6-11-3-2-8-18-11/h2-5,8-9,14H,6-7H2,1H3. The van der Waals surface area contributed by atoms with E-state index in [1.54, 1.807) is 18.4 Å². The predicted octanol–water partition coefficient (Wildman–Crippen LogP) is 3.15. The lowest BCUT2D eigenvalue weighted by Gasteiger charge is -2.07. The molecule has 1 N–H and O–H groups in total. The lowest BCUT2D eigenvalue weighted by atomic mass is 10.2. The minimum Gasteiger partial charge on any atom is -0.469 e. The molecule has 1 aromatic carbocycles. The Morgan fingerprint density at radius 2 is 2.22 bits per heavy atom. The molecule has 18 heavy (non-hydrogen) atoms. The number of anilines is 1. The second-order valence-electron chi connectivity index (χ2n) is 4.03. The Bertz CT molecular complexity index is 535. The molecule has 0 amide bonds. The molecule has 0 radical (unpaired) electrons. The van der Waals surface area contributed by atoms with Crippen LogP contribution in [0.15, 0.2) is 41.0 Å². The molecule has 5 heteroatoms. The highest BCUT2D eigenvalue weighted by Crippen LogP contribution is 2.25. The molecule has 0 aliphatic heterocycles. The maximum absolute atomic E-state index is 10.9. The van der Waals surface area contributed by atoms with Gasteiger partial charge in [0.05, 0.1) is 11.2 Å². The summed E-state index contributed by atoms with van der Waals surface area (Å²) in [6, 6.07) is 8.73. The van der Waals surface area contributed by atoms with Gasteiger partial charge in [0.2, 0.25) is 0 Å². The van der Waals surface area contributed by atoms with E-state index in [4.69, 9.17) is 4.42 Å². The van der Waals surface area contributed by atoms with Crippen LogP contribution in [0, 0.1) is 17.0 Å². The number of nitrogens with one attached hydrogen (secondary N) is 1. The van der Waals surface area contributed by atoms with Gasteiger partial charge in [0, 0.05) is 19.0 Å². The van der Waals surface area contributed by atoms with Crippen LogP contribution in [-0.4, -0.2) is 11.5 Å². The third-order valence-electron chi connectivity index (χ3n) is 2.62. The molecule has 94 valence electrons. The van der Waals surface area contributed by atoms with Gasteiger partial charge in [-0.3, -0.25) is 10.1 Å². The Kier molecular flexibility index (Phi) is 3.62. The number of nitrogens with zero attached hydrogens (tertiary/aromatic N) is 1. The molecule has 0 aliphatic rings. The summed E-state index contributed by atoms with van der Waals surface area (Å²) in [5.74, 6) is 0.859. The molecule has 0 bridgehead atoms. The summed E-state index contributed by atoms with van der Waals surface area (Å²) in [7, 11) is 0. The highest BCUT2D eigenvalue weighted by atomic mass is 16.6. The van der Waals surface area contributed by atoms with E-state index >= 15 is 0 Å². The van der Waals surface area contributed by atoms with E-state index in [1.807, 2.05) is 19.1 Å². The van der Waals surface area contributed by atoms with E-state index in [0.29, 0.717) is 18.7 Å². The first-order chi connectivity index (χ1) is 8.66. The summed E-state index contributed by atoms with van der Waals surface area (Å²) in [6.07, 6.45) is 2.31.